The van der Waals surface area contributed by atoms with Crippen molar-refractivity contribution in [2.45, 2.75) is 50.2 Å². The molecule has 2 unspecified atom stereocenters. The van der Waals surface area contributed by atoms with Gasteiger partial charge in [-0.05, 0) is 37.3 Å². The quantitative estimate of drug-likeness (QED) is 0.871. The van der Waals surface area contributed by atoms with Gasteiger partial charge in [0.25, 0.3) is 0 Å². The molecule has 2 heterocycles. The Kier molecular flexibility index (Phi) is 5.47. The number of fused-ring (bicyclic) bond motifs is 2. The first-order chi connectivity index (χ1) is 9.20. The van der Waals surface area contributed by atoms with Crippen LogP contribution in [0.1, 0.15) is 31.2 Å². The lowest BCUT2D eigenvalue weighted by Gasteiger charge is -2.29. The van der Waals surface area contributed by atoms with E-state index in [9.17, 15) is 4.79 Å². The molecule has 0 radical (unpaired) electrons. The van der Waals surface area contributed by atoms with Gasteiger partial charge in [0.1, 0.15) is 0 Å². The van der Waals surface area contributed by atoms with Crippen molar-refractivity contribution < 1.29 is 4.79 Å². The van der Waals surface area contributed by atoms with E-state index in [-0.39, 0.29) is 18.3 Å². The predicted molar refractivity (Wildman–Crippen MR) is 86.2 cm³/mol. The van der Waals surface area contributed by atoms with Gasteiger partial charge in [-0.25, -0.2) is 0 Å². The highest BCUT2D eigenvalue weighted by atomic mass is 79.9. The second-order valence-corrected chi connectivity index (χ2v) is 6.50. The van der Waals surface area contributed by atoms with Gasteiger partial charge in [0.2, 0.25) is 5.91 Å². The van der Waals surface area contributed by atoms with Crippen LogP contribution in [0.25, 0.3) is 0 Å². The van der Waals surface area contributed by atoms with Crippen LogP contribution in [0.2, 0.25) is 0 Å². The molecule has 1 amide bonds. The molecule has 110 valence electrons. The molecule has 1 aromatic rings. The summed E-state index contributed by atoms with van der Waals surface area (Å²) in [6.07, 6.45) is 5.15. The van der Waals surface area contributed by atoms with Gasteiger partial charge in [-0.1, -0.05) is 34.1 Å². The lowest BCUT2D eigenvalue weighted by molar-refractivity contribution is -0.121. The van der Waals surface area contributed by atoms with Gasteiger partial charge in [0, 0.05) is 22.6 Å². The number of carbonyl (C=O) groups excluding carboxylic acids is 1. The third-order valence-electron chi connectivity index (χ3n) is 4.15. The van der Waals surface area contributed by atoms with Gasteiger partial charge in [-0.2, -0.15) is 0 Å². The Hall–Kier alpha value is -0.580. The van der Waals surface area contributed by atoms with Gasteiger partial charge < -0.3 is 10.6 Å². The molecule has 0 aliphatic carbocycles. The van der Waals surface area contributed by atoms with Crippen molar-refractivity contribution in [3.8, 4) is 0 Å². The summed E-state index contributed by atoms with van der Waals surface area (Å²) >= 11 is 3.49. The molecule has 2 atom stereocenters. The highest BCUT2D eigenvalue weighted by Crippen LogP contribution is 2.26. The van der Waals surface area contributed by atoms with Gasteiger partial charge in [-0.15, -0.1) is 12.4 Å². The molecule has 2 N–H and O–H groups in total. The van der Waals surface area contributed by atoms with Gasteiger partial charge in [0.15, 0.2) is 0 Å². The largest absolute Gasteiger partial charge is 0.353 e. The Morgan fingerprint density at radius 1 is 1.25 bits per heavy atom. The van der Waals surface area contributed by atoms with E-state index in [1.54, 1.807) is 0 Å². The van der Waals surface area contributed by atoms with Gasteiger partial charge in [-0.3, -0.25) is 4.79 Å². The Morgan fingerprint density at radius 2 is 1.90 bits per heavy atom. The molecule has 2 aliphatic rings. The van der Waals surface area contributed by atoms with E-state index in [1.807, 2.05) is 24.3 Å². The Morgan fingerprint density at radius 3 is 2.55 bits per heavy atom. The third kappa shape index (κ3) is 3.74. The number of rotatable bonds is 3. The minimum Gasteiger partial charge on any atom is -0.353 e. The lowest BCUT2D eigenvalue weighted by atomic mass is 9.99. The van der Waals surface area contributed by atoms with Crippen molar-refractivity contribution in [1.82, 2.24) is 10.6 Å². The van der Waals surface area contributed by atoms with Crippen molar-refractivity contribution in [3.05, 3.63) is 34.3 Å². The van der Waals surface area contributed by atoms with Crippen molar-refractivity contribution in [1.29, 1.82) is 0 Å². The number of carbonyl (C=O) groups is 1. The predicted octanol–water partition coefficient (Wildman–Crippen LogP) is 2.81. The van der Waals surface area contributed by atoms with Crippen LogP contribution in [0.3, 0.4) is 0 Å². The smallest absolute Gasteiger partial charge is 0.224 e. The normalized spacial score (nSPS) is 27.8. The number of piperidine rings is 1. The average molecular weight is 360 g/mol. The number of amides is 1. The van der Waals surface area contributed by atoms with Crippen LogP contribution in [0.5, 0.6) is 0 Å². The standard InChI is InChI=1S/C15H19BrN2O.ClH/c16-14-4-2-1-3-10(14)7-15(19)18-13-8-11-5-6-12(9-13)17-11;/h1-4,11-13,17H,5-9H2,(H,18,19);1H. The minimum absolute atomic E-state index is 0. The second-order valence-electron chi connectivity index (χ2n) is 5.64. The van der Waals surface area contributed by atoms with Gasteiger partial charge >= 0.3 is 0 Å². The Bertz CT molecular complexity index is 471. The van der Waals surface area contributed by atoms with Crippen LogP contribution in [-0.4, -0.2) is 24.0 Å². The molecule has 2 aliphatic heterocycles. The summed E-state index contributed by atoms with van der Waals surface area (Å²) in [5.41, 5.74) is 1.05. The van der Waals surface area contributed by atoms with Crippen molar-refractivity contribution in [3.63, 3.8) is 0 Å². The van der Waals surface area contributed by atoms with Crippen LogP contribution < -0.4 is 10.6 Å². The summed E-state index contributed by atoms with van der Waals surface area (Å²) in [7, 11) is 0. The zero-order chi connectivity index (χ0) is 13.2. The lowest BCUT2D eigenvalue weighted by Crippen LogP contribution is -2.48. The summed E-state index contributed by atoms with van der Waals surface area (Å²) in [5.74, 6) is 0.137. The average Bonchev–Trinajstić information content (AvgIpc) is 2.72. The van der Waals surface area contributed by atoms with E-state index in [4.69, 9.17) is 0 Å². The fourth-order valence-electron chi connectivity index (χ4n) is 3.27. The van der Waals surface area contributed by atoms with E-state index in [1.165, 1.54) is 12.8 Å². The van der Waals surface area contributed by atoms with E-state index >= 15 is 0 Å². The third-order valence-corrected chi connectivity index (χ3v) is 4.92. The maximum Gasteiger partial charge on any atom is 0.224 e. The summed E-state index contributed by atoms with van der Waals surface area (Å²) in [4.78, 5) is 12.1. The van der Waals surface area contributed by atoms with E-state index in [0.29, 0.717) is 24.5 Å². The van der Waals surface area contributed by atoms with Crippen LogP contribution in [-0.2, 0) is 11.2 Å². The highest BCUT2D eigenvalue weighted by Gasteiger charge is 2.33. The number of nitrogens with one attached hydrogen (secondary N) is 2. The maximum atomic E-state index is 12.1. The second kappa shape index (κ2) is 6.92. The van der Waals surface area contributed by atoms with Crippen molar-refractivity contribution in [2.24, 2.45) is 0 Å². The van der Waals surface area contributed by atoms with Crippen LogP contribution in [0.15, 0.2) is 28.7 Å². The number of benzene rings is 1. The first kappa shape index (κ1) is 15.8. The van der Waals surface area contributed by atoms with Crippen LogP contribution >= 0.6 is 28.3 Å². The molecule has 3 rings (SSSR count). The van der Waals surface area contributed by atoms with Gasteiger partial charge in [0.05, 0.1) is 6.42 Å². The monoisotopic (exact) mass is 358 g/mol. The first-order valence-electron chi connectivity index (χ1n) is 6.99. The fourth-order valence-corrected chi connectivity index (χ4v) is 3.69. The molecule has 20 heavy (non-hydrogen) atoms. The SMILES string of the molecule is Cl.O=C(Cc1ccccc1Br)NC1CC2CCC(C1)N2. The molecule has 5 heteroatoms. The molecule has 3 nitrogen and oxygen atoms in total. The van der Waals surface area contributed by atoms with Crippen LogP contribution in [0, 0.1) is 0 Å². The number of hydrogen-bond donors (Lipinski definition) is 2. The summed E-state index contributed by atoms with van der Waals surface area (Å²) in [5, 5.41) is 6.79. The van der Waals surface area contributed by atoms with Crippen LogP contribution in [0.4, 0.5) is 0 Å². The van der Waals surface area contributed by atoms with E-state index in [0.717, 1.165) is 22.9 Å². The minimum atomic E-state index is 0. The zero-order valence-corrected chi connectivity index (χ0v) is 13.7. The highest BCUT2D eigenvalue weighted by molar-refractivity contribution is 9.10. The summed E-state index contributed by atoms with van der Waals surface area (Å²) in [6, 6.07) is 9.51. The number of halogens is 2. The molecule has 1 aromatic carbocycles. The van der Waals surface area contributed by atoms with E-state index in [2.05, 4.69) is 26.6 Å². The molecule has 0 saturated carbocycles. The first-order valence-corrected chi connectivity index (χ1v) is 7.79. The van der Waals surface area contributed by atoms with E-state index < -0.39 is 0 Å². The van der Waals surface area contributed by atoms with Crippen molar-refractivity contribution >= 4 is 34.2 Å². The molecule has 2 saturated heterocycles. The molecule has 0 spiro atoms. The molecular formula is C15H20BrClN2O. The maximum absolute atomic E-state index is 12.1. The Balaban J connectivity index is 0.00000147. The number of hydrogen-bond acceptors (Lipinski definition) is 2. The molecule has 0 aromatic heterocycles. The summed E-state index contributed by atoms with van der Waals surface area (Å²) in [6.45, 7) is 0. The van der Waals surface area contributed by atoms with Crippen molar-refractivity contribution in [2.75, 3.05) is 0 Å². The topological polar surface area (TPSA) is 41.1 Å². The molecule has 2 fully saturated rings. The molecular weight excluding hydrogens is 340 g/mol. The summed E-state index contributed by atoms with van der Waals surface area (Å²) < 4.78 is 1.01. The Labute approximate surface area is 134 Å². The zero-order valence-electron chi connectivity index (χ0n) is 11.3. The molecule has 2 bridgehead atoms. The fraction of sp³-hybridized carbons (Fsp3) is 0.533.